The van der Waals surface area contributed by atoms with Gasteiger partial charge in [0.2, 0.25) is 0 Å². The van der Waals surface area contributed by atoms with Crippen LogP contribution in [0, 0.1) is 0 Å². The molecule has 0 amide bonds. The van der Waals surface area contributed by atoms with Crippen LogP contribution in [0.1, 0.15) is 38.2 Å². The number of hydrogen-bond donors (Lipinski definition) is 1. The smallest absolute Gasteiger partial charge is 0.00817 e. The lowest BCUT2D eigenvalue weighted by Crippen LogP contribution is -2.35. The molecule has 0 aromatic heterocycles. The van der Waals surface area contributed by atoms with Crippen LogP contribution in [-0.4, -0.2) is 12.1 Å². The van der Waals surface area contributed by atoms with Crippen LogP contribution >= 0.6 is 0 Å². The normalized spacial score (nSPS) is 19.3. The Kier molecular flexibility index (Phi) is 3.79. The molecule has 1 saturated carbocycles. The maximum absolute atomic E-state index is 3.73. The summed E-state index contributed by atoms with van der Waals surface area (Å²) in [6.07, 6.45) is 6.72. The van der Waals surface area contributed by atoms with Crippen LogP contribution in [0.3, 0.4) is 0 Å². The van der Waals surface area contributed by atoms with E-state index in [2.05, 4.69) is 42.6 Å². The molecule has 0 saturated heterocycles. The molecule has 82 valence electrons. The predicted molar refractivity (Wildman–Crippen MR) is 65.0 cm³/mol. The molecule has 1 N–H and O–H groups in total. The summed E-state index contributed by atoms with van der Waals surface area (Å²) >= 11 is 0. The Hall–Kier alpha value is -0.820. The number of rotatable bonds is 4. The topological polar surface area (TPSA) is 12.0 Å². The van der Waals surface area contributed by atoms with E-state index in [0.717, 1.165) is 12.5 Å². The molecule has 0 aliphatic heterocycles. The number of nitrogens with one attached hydrogen (secondary N) is 1. The van der Waals surface area contributed by atoms with Crippen molar-refractivity contribution in [1.82, 2.24) is 5.32 Å². The first kappa shape index (κ1) is 10.7. The molecule has 0 unspecified atom stereocenters. The molecule has 1 nitrogen and oxygen atoms in total. The molecule has 15 heavy (non-hydrogen) atoms. The highest BCUT2D eigenvalue weighted by molar-refractivity contribution is 5.15. The maximum Gasteiger partial charge on any atom is 0.00817 e. The zero-order valence-corrected chi connectivity index (χ0v) is 9.58. The summed E-state index contributed by atoms with van der Waals surface area (Å²) in [4.78, 5) is 0. The molecule has 1 atom stereocenters. The van der Waals surface area contributed by atoms with Gasteiger partial charge in [-0.15, -0.1) is 0 Å². The maximum atomic E-state index is 3.73. The van der Waals surface area contributed by atoms with Crippen LogP contribution in [0.15, 0.2) is 30.3 Å². The zero-order chi connectivity index (χ0) is 10.5. The van der Waals surface area contributed by atoms with E-state index in [-0.39, 0.29) is 0 Å². The fraction of sp³-hybridized carbons (Fsp3) is 0.571. The second-order valence-corrected chi connectivity index (χ2v) is 4.74. The van der Waals surface area contributed by atoms with Gasteiger partial charge in [-0.2, -0.15) is 0 Å². The molecular weight excluding hydrogens is 182 g/mol. The van der Waals surface area contributed by atoms with E-state index in [0.29, 0.717) is 6.04 Å². The van der Waals surface area contributed by atoms with E-state index in [1.165, 1.54) is 31.2 Å². The first-order chi connectivity index (χ1) is 7.34. The van der Waals surface area contributed by atoms with E-state index in [9.17, 15) is 0 Å². The molecule has 0 spiro atoms. The molecule has 0 radical (unpaired) electrons. The van der Waals surface area contributed by atoms with Gasteiger partial charge in [0.25, 0.3) is 0 Å². The molecule has 1 aromatic rings. The quantitative estimate of drug-likeness (QED) is 0.792. The summed E-state index contributed by atoms with van der Waals surface area (Å²) in [7, 11) is 0. The van der Waals surface area contributed by atoms with E-state index >= 15 is 0 Å². The van der Waals surface area contributed by atoms with Crippen molar-refractivity contribution in [2.24, 2.45) is 0 Å². The molecular formula is C14H21N. The van der Waals surface area contributed by atoms with Gasteiger partial charge in [-0.05, 0) is 31.7 Å². The van der Waals surface area contributed by atoms with Crippen LogP contribution in [0.25, 0.3) is 0 Å². The van der Waals surface area contributed by atoms with Crippen LogP contribution < -0.4 is 5.32 Å². The van der Waals surface area contributed by atoms with Gasteiger partial charge < -0.3 is 5.32 Å². The van der Waals surface area contributed by atoms with E-state index < -0.39 is 0 Å². The van der Waals surface area contributed by atoms with E-state index in [4.69, 9.17) is 0 Å². The first-order valence-corrected chi connectivity index (χ1v) is 6.14. The summed E-state index contributed by atoms with van der Waals surface area (Å²) < 4.78 is 0. The lowest BCUT2D eigenvalue weighted by molar-refractivity contribution is 0.448. The Labute approximate surface area is 92.9 Å². The van der Waals surface area contributed by atoms with Gasteiger partial charge in [0, 0.05) is 12.1 Å². The van der Waals surface area contributed by atoms with Crippen molar-refractivity contribution in [3.05, 3.63) is 35.9 Å². The summed E-state index contributed by atoms with van der Waals surface area (Å²) in [5.41, 5.74) is 1.44. The predicted octanol–water partition coefficient (Wildman–Crippen LogP) is 3.15. The highest BCUT2D eigenvalue weighted by atomic mass is 14.9. The molecule has 0 bridgehead atoms. The molecule has 1 heteroatoms. The van der Waals surface area contributed by atoms with Crippen molar-refractivity contribution in [3.63, 3.8) is 0 Å². The van der Waals surface area contributed by atoms with Crippen molar-refractivity contribution in [2.75, 3.05) is 0 Å². The largest absolute Gasteiger partial charge is 0.311 e. The highest BCUT2D eigenvalue weighted by Crippen LogP contribution is 2.18. The fourth-order valence-electron chi connectivity index (χ4n) is 2.52. The Morgan fingerprint density at radius 2 is 1.87 bits per heavy atom. The second kappa shape index (κ2) is 5.32. The van der Waals surface area contributed by atoms with Gasteiger partial charge in [0.1, 0.15) is 0 Å². The molecule has 1 fully saturated rings. The minimum absolute atomic E-state index is 0.607. The minimum atomic E-state index is 0.607. The zero-order valence-electron chi connectivity index (χ0n) is 9.58. The van der Waals surface area contributed by atoms with Crippen LogP contribution in [0.5, 0.6) is 0 Å². The Balaban J connectivity index is 1.79. The molecule has 1 aromatic carbocycles. The van der Waals surface area contributed by atoms with Crippen molar-refractivity contribution < 1.29 is 0 Å². The molecule has 2 rings (SSSR count). The Morgan fingerprint density at radius 3 is 2.53 bits per heavy atom. The third-order valence-electron chi connectivity index (χ3n) is 3.26. The lowest BCUT2D eigenvalue weighted by atomic mass is 10.1. The van der Waals surface area contributed by atoms with Gasteiger partial charge in [-0.3, -0.25) is 0 Å². The molecule has 1 aliphatic carbocycles. The van der Waals surface area contributed by atoms with Crippen LogP contribution in [-0.2, 0) is 6.42 Å². The van der Waals surface area contributed by atoms with Crippen LogP contribution in [0.2, 0.25) is 0 Å². The van der Waals surface area contributed by atoms with E-state index in [1.807, 2.05) is 0 Å². The minimum Gasteiger partial charge on any atom is -0.311 e. The van der Waals surface area contributed by atoms with Crippen LogP contribution in [0.4, 0.5) is 0 Å². The van der Waals surface area contributed by atoms with Gasteiger partial charge in [0.05, 0.1) is 0 Å². The van der Waals surface area contributed by atoms with Gasteiger partial charge >= 0.3 is 0 Å². The summed E-state index contributed by atoms with van der Waals surface area (Å²) in [5.74, 6) is 0. The third-order valence-corrected chi connectivity index (χ3v) is 3.26. The van der Waals surface area contributed by atoms with Crippen molar-refractivity contribution >= 4 is 0 Å². The summed E-state index contributed by atoms with van der Waals surface area (Å²) in [6.45, 7) is 2.30. The highest BCUT2D eigenvalue weighted by Gasteiger charge is 2.16. The Morgan fingerprint density at radius 1 is 1.20 bits per heavy atom. The Bertz CT molecular complexity index is 275. The average Bonchev–Trinajstić information content (AvgIpc) is 2.71. The molecule has 0 heterocycles. The van der Waals surface area contributed by atoms with Crippen molar-refractivity contribution in [3.8, 4) is 0 Å². The standard InChI is InChI=1S/C14H21N/c1-12(15-14-9-5-6-10-14)11-13-7-3-2-4-8-13/h2-4,7-8,12,14-15H,5-6,9-11H2,1H3/t12-/m0/s1. The van der Waals surface area contributed by atoms with Gasteiger partial charge in [0.15, 0.2) is 0 Å². The summed E-state index contributed by atoms with van der Waals surface area (Å²) in [5, 5.41) is 3.73. The van der Waals surface area contributed by atoms with Crippen molar-refractivity contribution in [1.29, 1.82) is 0 Å². The van der Waals surface area contributed by atoms with E-state index in [1.54, 1.807) is 0 Å². The fourth-order valence-corrected chi connectivity index (χ4v) is 2.52. The monoisotopic (exact) mass is 203 g/mol. The second-order valence-electron chi connectivity index (χ2n) is 4.74. The summed E-state index contributed by atoms with van der Waals surface area (Å²) in [6, 6.07) is 12.1. The number of hydrogen-bond acceptors (Lipinski definition) is 1. The number of benzene rings is 1. The lowest BCUT2D eigenvalue weighted by Gasteiger charge is -2.19. The average molecular weight is 203 g/mol. The SMILES string of the molecule is C[C@@H](Cc1ccccc1)NC1CCCC1. The third kappa shape index (κ3) is 3.35. The van der Waals surface area contributed by atoms with Crippen molar-refractivity contribution in [2.45, 2.75) is 51.1 Å². The first-order valence-electron chi connectivity index (χ1n) is 6.14. The van der Waals surface area contributed by atoms with Gasteiger partial charge in [-0.25, -0.2) is 0 Å². The van der Waals surface area contributed by atoms with Gasteiger partial charge in [-0.1, -0.05) is 43.2 Å². The molecule has 1 aliphatic rings.